The van der Waals surface area contributed by atoms with Crippen molar-refractivity contribution in [3.63, 3.8) is 0 Å². The van der Waals surface area contributed by atoms with E-state index in [9.17, 15) is 28.8 Å². The second kappa shape index (κ2) is 20.0. The third kappa shape index (κ3) is 11.9. The van der Waals surface area contributed by atoms with Crippen molar-refractivity contribution in [2.24, 2.45) is 5.41 Å². The molecule has 60 heavy (non-hydrogen) atoms. The van der Waals surface area contributed by atoms with Crippen molar-refractivity contribution in [2.75, 3.05) is 26.3 Å². The van der Waals surface area contributed by atoms with Gasteiger partial charge in [0.1, 0.15) is 23.9 Å². The monoisotopic (exact) mass is 829 g/mol. The second-order valence-electron chi connectivity index (χ2n) is 17.4. The van der Waals surface area contributed by atoms with Crippen LogP contribution in [0.25, 0.3) is 0 Å². The summed E-state index contributed by atoms with van der Waals surface area (Å²) in [4.78, 5) is 83.4. The Morgan fingerprint density at radius 3 is 2.32 bits per heavy atom. The number of aryl methyl sites for hydroxylation is 1. The molecule has 2 aromatic carbocycles. The number of aromatic nitrogens is 4. The van der Waals surface area contributed by atoms with Crippen molar-refractivity contribution in [1.29, 1.82) is 0 Å². The predicted octanol–water partition coefficient (Wildman–Crippen LogP) is 2.54. The maximum absolute atomic E-state index is 14.4. The molecular weight excluding hydrogens is 771 g/mol. The summed E-state index contributed by atoms with van der Waals surface area (Å²) in [6.45, 7) is 13.3. The van der Waals surface area contributed by atoms with Gasteiger partial charge in [-0.2, -0.15) is 0 Å². The summed E-state index contributed by atoms with van der Waals surface area (Å²) in [5, 5.41) is 23.1. The fourth-order valence-electron chi connectivity index (χ4n) is 7.20. The molecule has 0 saturated carbocycles. The van der Waals surface area contributed by atoms with E-state index >= 15 is 0 Å². The molecule has 0 aliphatic carbocycles. The maximum Gasteiger partial charge on any atom is 0.290 e. The zero-order chi connectivity index (χ0) is 43.6. The highest BCUT2D eigenvalue weighted by molar-refractivity contribution is 6.38. The van der Waals surface area contributed by atoms with E-state index in [1.807, 2.05) is 96.1 Å². The quantitative estimate of drug-likeness (QED) is 0.206. The van der Waals surface area contributed by atoms with E-state index in [4.69, 9.17) is 9.47 Å². The molecule has 4 bridgehead atoms. The first-order valence-corrected chi connectivity index (χ1v) is 20.6. The molecule has 4 N–H and O–H groups in total. The van der Waals surface area contributed by atoms with Gasteiger partial charge in [-0.1, -0.05) is 76.6 Å². The molecule has 324 valence electrons. The topological polar surface area (TPSA) is 216 Å². The van der Waals surface area contributed by atoms with Crippen LogP contribution in [0.4, 0.5) is 0 Å². The lowest BCUT2D eigenvalue weighted by atomic mass is 9.85. The first kappa shape index (κ1) is 45.4. The zero-order valence-electron chi connectivity index (χ0n) is 35.7. The summed E-state index contributed by atoms with van der Waals surface area (Å²) in [7, 11) is 0. The molecule has 6 rings (SSSR count). The number of rotatable bonds is 11. The van der Waals surface area contributed by atoms with Gasteiger partial charge in [0.2, 0.25) is 29.4 Å². The Kier molecular flexibility index (Phi) is 15.1. The van der Waals surface area contributed by atoms with Crippen LogP contribution >= 0.6 is 0 Å². The first-order chi connectivity index (χ1) is 28.5. The molecule has 4 heterocycles. The fourth-order valence-corrected chi connectivity index (χ4v) is 7.20. The Morgan fingerprint density at radius 1 is 0.933 bits per heavy atom. The number of Topliss-reactive ketones (excluding diaryl/α,β-unsaturated/α-hetero) is 1. The highest BCUT2D eigenvalue weighted by atomic mass is 16.5. The number of ether oxygens (including phenoxy) is 2. The predicted molar refractivity (Wildman–Crippen MR) is 220 cm³/mol. The number of tetrazole rings is 1. The summed E-state index contributed by atoms with van der Waals surface area (Å²) in [5.41, 5.74) is 0.415. The molecule has 3 aliphatic heterocycles. The Labute approximate surface area is 351 Å². The number of carbonyl (C=O) groups excluding carboxylic acids is 6. The molecule has 3 aliphatic rings. The average Bonchev–Trinajstić information content (AvgIpc) is 3.88. The third-order valence-electron chi connectivity index (χ3n) is 10.4. The number of nitrogens with zero attached hydrogens (tertiary/aromatic N) is 5. The van der Waals surface area contributed by atoms with Gasteiger partial charge in [0.05, 0.1) is 37.4 Å². The zero-order valence-corrected chi connectivity index (χ0v) is 35.7. The number of amides is 5. The number of hydrogen-bond donors (Lipinski definition) is 4. The van der Waals surface area contributed by atoms with Crippen molar-refractivity contribution in [2.45, 2.75) is 123 Å². The van der Waals surface area contributed by atoms with Crippen LogP contribution in [-0.4, -0.2) is 111 Å². The van der Waals surface area contributed by atoms with Crippen molar-refractivity contribution >= 4 is 35.3 Å². The summed E-state index contributed by atoms with van der Waals surface area (Å²) in [6.07, 6.45) is 1.34. The van der Waals surface area contributed by atoms with Gasteiger partial charge in [-0.3, -0.25) is 28.8 Å². The largest absolute Gasteiger partial charge is 0.494 e. The van der Waals surface area contributed by atoms with Gasteiger partial charge in [0, 0.05) is 25.8 Å². The minimum Gasteiger partial charge on any atom is -0.494 e. The molecule has 3 aromatic rings. The van der Waals surface area contributed by atoms with E-state index in [0.717, 1.165) is 5.56 Å². The fraction of sp³-hybridized carbons (Fsp3) is 0.558. The number of ketones is 1. The van der Waals surface area contributed by atoms with Crippen LogP contribution in [0, 0.1) is 5.41 Å². The molecular formula is C43H59N9O8. The van der Waals surface area contributed by atoms with Gasteiger partial charge in [-0.15, -0.1) is 5.10 Å². The van der Waals surface area contributed by atoms with Crippen LogP contribution in [0.1, 0.15) is 104 Å². The lowest BCUT2D eigenvalue weighted by Crippen LogP contribution is -2.59. The molecule has 1 fully saturated rings. The highest BCUT2D eigenvalue weighted by Gasteiger charge is 2.46. The van der Waals surface area contributed by atoms with Gasteiger partial charge in [-0.25, -0.2) is 4.68 Å². The average molecular weight is 830 g/mol. The summed E-state index contributed by atoms with van der Waals surface area (Å²) < 4.78 is 13.6. The summed E-state index contributed by atoms with van der Waals surface area (Å²) in [5.74, 6) is -2.93. The van der Waals surface area contributed by atoms with E-state index in [-0.39, 0.29) is 31.7 Å². The number of nitrogens with one attached hydrogen (secondary N) is 4. The lowest BCUT2D eigenvalue weighted by molar-refractivity contribution is -0.145. The SMILES string of the molecule is CCCC(NC(=O)C1CC2CN1C(=O)[C@H](C(C)(C)C)NC(=O)CCc1ccc(cc1)OCCCO2)C(=O)C(=O)NCC(=O)NC(c1ccccc1)c1nnnn1C(C)(C)C. The molecule has 1 aromatic heterocycles. The van der Waals surface area contributed by atoms with Crippen LogP contribution in [-0.2, 0) is 45.5 Å². The number of carbonyl (C=O) groups is 6. The van der Waals surface area contributed by atoms with Crippen LogP contribution in [0.15, 0.2) is 54.6 Å². The number of hydrogen-bond acceptors (Lipinski definition) is 11. The van der Waals surface area contributed by atoms with Crippen LogP contribution in [0.2, 0.25) is 0 Å². The number of benzene rings is 2. The van der Waals surface area contributed by atoms with E-state index in [1.54, 1.807) is 11.6 Å². The third-order valence-corrected chi connectivity index (χ3v) is 10.4. The first-order valence-electron chi connectivity index (χ1n) is 20.6. The minimum atomic E-state index is -1.24. The molecule has 5 amide bonds. The highest BCUT2D eigenvalue weighted by Crippen LogP contribution is 2.28. The molecule has 17 heteroatoms. The van der Waals surface area contributed by atoms with Gasteiger partial charge >= 0.3 is 0 Å². The normalized spacial score (nSPS) is 20.2. The van der Waals surface area contributed by atoms with E-state index < -0.39 is 77.2 Å². The Hall–Kier alpha value is -5.71. The molecule has 4 unspecified atom stereocenters. The van der Waals surface area contributed by atoms with Crippen LogP contribution < -0.4 is 26.0 Å². The Morgan fingerprint density at radius 2 is 1.65 bits per heavy atom. The minimum absolute atomic E-state index is 0.0785. The standard InChI is InChI=1S/C43H59N9O8/c1-8-13-31(36(55)40(57)44-25-34(54)46-35(28-14-10-9-11-15-28)38-48-49-50-52(38)43(5,6)7)45-39(56)32-24-30-26-51(32)41(58)37(42(2,3)4)47-33(53)21-18-27-16-19-29(20-17-27)59-22-12-23-60-30/h9-11,14-17,19-20,30-32,35,37H,8,12-13,18,21-26H2,1-7H3,(H,44,57)(H,45,56)(H,46,54)(H,47,53)/t30?,31?,32?,35?,37-/m1/s1. The van der Waals surface area contributed by atoms with Gasteiger partial charge in [0.25, 0.3) is 5.91 Å². The summed E-state index contributed by atoms with van der Waals surface area (Å²) >= 11 is 0. The number of fused-ring (bicyclic) bond motifs is 11. The lowest BCUT2D eigenvalue weighted by Gasteiger charge is -2.35. The Balaban J connectivity index is 1.27. The maximum atomic E-state index is 14.4. The van der Waals surface area contributed by atoms with Crippen molar-refractivity contribution in [3.8, 4) is 5.75 Å². The van der Waals surface area contributed by atoms with Crippen LogP contribution in [0.3, 0.4) is 0 Å². The van der Waals surface area contributed by atoms with E-state index in [2.05, 4.69) is 36.8 Å². The molecule has 0 spiro atoms. The van der Waals surface area contributed by atoms with E-state index in [0.29, 0.717) is 49.6 Å². The molecule has 17 nitrogen and oxygen atoms in total. The van der Waals surface area contributed by atoms with E-state index in [1.165, 1.54) is 4.90 Å². The van der Waals surface area contributed by atoms with Crippen molar-refractivity contribution in [3.05, 3.63) is 71.5 Å². The van der Waals surface area contributed by atoms with Crippen molar-refractivity contribution in [1.82, 2.24) is 46.4 Å². The van der Waals surface area contributed by atoms with Gasteiger partial charge in [-0.05, 0) is 72.7 Å². The van der Waals surface area contributed by atoms with Gasteiger partial charge < -0.3 is 35.6 Å². The second-order valence-corrected chi connectivity index (χ2v) is 17.4. The molecule has 5 atom stereocenters. The summed E-state index contributed by atoms with van der Waals surface area (Å²) in [6, 6.07) is 12.6. The smallest absolute Gasteiger partial charge is 0.290 e. The van der Waals surface area contributed by atoms with Crippen molar-refractivity contribution < 1.29 is 38.2 Å². The Bertz CT molecular complexity index is 1970. The van der Waals surface area contributed by atoms with Gasteiger partial charge in [0.15, 0.2) is 5.82 Å². The molecule has 1 saturated heterocycles. The molecule has 0 radical (unpaired) electrons. The van der Waals surface area contributed by atoms with Crippen LogP contribution in [0.5, 0.6) is 5.75 Å².